The molecule has 3 rings (SSSR count). The molecule has 0 aliphatic rings. The Balaban J connectivity index is 2.01. The molecule has 0 aliphatic carbocycles. The van der Waals surface area contributed by atoms with Gasteiger partial charge in [-0.1, -0.05) is 12.1 Å². The first kappa shape index (κ1) is 10.4. The second kappa shape index (κ2) is 4.27. The predicted molar refractivity (Wildman–Crippen MR) is 73.1 cm³/mol. The number of nitrogens with two attached hydrogens (primary N) is 1. The maximum Gasteiger partial charge on any atom is 0.143 e. The number of anilines is 1. The van der Waals surface area contributed by atoms with Crippen LogP contribution in [-0.2, 0) is 0 Å². The lowest BCUT2D eigenvalue weighted by Crippen LogP contribution is -1.85. The van der Waals surface area contributed by atoms with E-state index in [-0.39, 0.29) is 0 Å². The van der Waals surface area contributed by atoms with Crippen LogP contribution in [0, 0.1) is 0 Å². The molecular weight excluding hydrogens is 250 g/mol. The van der Waals surface area contributed by atoms with Gasteiger partial charge in [-0.3, -0.25) is 0 Å². The van der Waals surface area contributed by atoms with E-state index in [1.165, 1.54) is 0 Å². The molecule has 84 valence electrons. The molecule has 3 aromatic rings. The Morgan fingerprint density at radius 3 is 2.82 bits per heavy atom. The summed E-state index contributed by atoms with van der Waals surface area (Å²) in [5, 5.41) is 4.98. The molecule has 0 unspecified atom stereocenters. The van der Waals surface area contributed by atoms with Crippen molar-refractivity contribution in [3.63, 3.8) is 0 Å². The molecule has 2 aromatic heterocycles. The lowest BCUT2D eigenvalue weighted by Gasteiger charge is -1.97. The van der Waals surface area contributed by atoms with Gasteiger partial charge in [-0.15, -0.1) is 22.7 Å². The summed E-state index contributed by atoms with van der Waals surface area (Å²) in [5.74, 6) is 0. The average Bonchev–Trinajstić information content (AvgIpc) is 3.00. The lowest BCUT2D eigenvalue weighted by molar-refractivity contribution is 1.34. The van der Waals surface area contributed by atoms with Crippen molar-refractivity contribution in [2.45, 2.75) is 0 Å². The second-order valence-corrected chi connectivity index (χ2v) is 5.11. The molecule has 2 N–H and O–H groups in total. The highest BCUT2D eigenvalue weighted by Crippen LogP contribution is 2.29. The maximum absolute atomic E-state index is 5.76. The van der Waals surface area contributed by atoms with Gasteiger partial charge < -0.3 is 5.73 Å². The third-order valence-electron chi connectivity index (χ3n) is 2.34. The summed E-state index contributed by atoms with van der Waals surface area (Å²) in [5.41, 5.74) is 11.3. The van der Waals surface area contributed by atoms with Gasteiger partial charge in [-0.25, -0.2) is 9.97 Å². The molecule has 0 spiro atoms. The molecule has 17 heavy (non-hydrogen) atoms. The zero-order valence-electron chi connectivity index (χ0n) is 8.83. The van der Waals surface area contributed by atoms with Crippen LogP contribution in [0.15, 0.2) is 40.5 Å². The van der Waals surface area contributed by atoms with E-state index >= 15 is 0 Å². The minimum atomic E-state index is 0.755. The number of thiazole rings is 2. The minimum absolute atomic E-state index is 0.755. The molecule has 2 heterocycles. The zero-order chi connectivity index (χ0) is 11.7. The van der Waals surface area contributed by atoms with E-state index in [0.717, 1.165) is 27.6 Å². The van der Waals surface area contributed by atoms with Crippen LogP contribution in [0.2, 0.25) is 0 Å². The third kappa shape index (κ3) is 2.07. The predicted octanol–water partition coefficient (Wildman–Crippen LogP) is 3.52. The largest absolute Gasteiger partial charge is 0.399 e. The van der Waals surface area contributed by atoms with Crippen molar-refractivity contribution in [2.24, 2.45) is 0 Å². The first-order valence-electron chi connectivity index (χ1n) is 5.03. The molecule has 0 fully saturated rings. The van der Waals surface area contributed by atoms with Gasteiger partial charge in [-0.2, -0.15) is 0 Å². The molecular formula is C12H9N3S2. The summed E-state index contributed by atoms with van der Waals surface area (Å²) in [7, 11) is 0. The summed E-state index contributed by atoms with van der Waals surface area (Å²) in [4.78, 5) is 8.82. The first-order chi connectivity index (χ1) is 8.33. The number of rotatable bonds is 2. The number of aromatic nitrogens is 2. The number of nitrogens with zero attached hydrogens (tertiary/aromatic N) is 2. The Kier molecular flexibility index (Phi) is 2.62. The van der Waals surface area contributed by atoms with Gasteiger partial charge in [0.15, 0.2) is 0 Å². The van der Waals surface area contributed by atoms with Crippen molar-refractivity contribution < 1.29 is 0 Å². The second-order valence-electron chi connectivity index (χ2n) is 3.54. The van der Waals surface area contributed by atoms with Crippen molar-refractivity contribution >= 4 is 28.4 Å². The summed E-state index contributed by atoms with van der Waals surface area (Å²) in [6, 6.07) is 7.75. The zero-order valence-corrected chi connectivity index (χ0v) is 10.5. The molecule has 0 amide bonds. The van der Waals surface area contributed by atoms with Crippen molar-refractivity contribution in [3.8, 4) is 22.0 Å². The van der Waals surface area contributed by atoms with Gasteiger partial charge in [0, 0.05) is 22.0 Å². The highest BCUT2D eigenvalue weighted by atomic mass is 32.1. The van der Waals surface area contributed by atoms with E-state index in [1.54, 1.807) is 22.7 Å². The molecule has 0 saturated carbocycles. The molecule has 5 heteroatoms. The van der Waals surface area contributed by atoms with Crippen molar-refractivity contribution in [1.29, 1.82) is 0 Å². The van der Waals surface area contributed by atoms with Gasteiger partial charge >= 0.3 is 0 Å². The smallest absolute Gasteiger partial charge is 0.143 e. The van der Waals surface area contributed by atoms with E-state index < -0.39 is 0 Å². The topological polar surface area (TPSA) is 51.8 Å². The lowest BCUT2D eigenvalue weighted by atomic mass is 10.1. The van der Waals surface area contributed by atoms with Gasteiger partial charge in [0.05, 0.1) is 11.2 Å². The van der Waals surface area contributed by atoms with Crippen LogP contribution in [-0.4, -0.2) is 9.97 Å². The number of benzene rings is 1. The van der Waals surface area contributed by atoms with Gasteiger partial charge in [0.2, 0.25) is 0 Å². The first-order valence-corrected chi connectivity index (χ1v) is 6.85. The SMILES string of the molecule is Nc1cccc(-c2csc(-c3cscn3)n2)c1. The van der Waals surface area contributed by atoms with Crippen molar-refractivity contribution in [2.75, 3.05) is 5.73 Å². The molecule has 0 atom stereocenters. The van der Waals surface area contributed by atoms with Crippen LogP contribution in [0.4, 0.5) is 5.69 Å². The Morgan fingerprint density at radius 1 is 1.12 bits per heavy atom. The fraction of sp³-hybridized carbons (Fsp3) is 0. The van der Waals surface area contributed by atoms with E-state index in [4.69, 9.17) is 5.73 Å². The molecule has 3 nitrogen and oxygen atoms in total. The van der Waals surface area contributed by atoms with Crippen LogP contribution >= 0.6 is 22.7 Å². The number of hydrogen-bond donors (Lipinski definition) is 1. The van der Waals surface area contributed by atoms with Gasteiger partial charge in [0.1, 0.15) is 10.7 Å². The molecule has 0 radical (unpaired) electrons. The van der Waals surface area contributed by atoms with Crippen LogP contribution in [0.5, 0.6) is 0 Å². The normalized spacial score (nSPS) is 10.6. The quantitative estimate of drug-likeness (QED) is 0.716. The fourth-order valence-electron chi connectivity index (χ4n) is 1.54. The Labute approximate surface area is 107 Å². The number of hydrogen-bond acceptors (Lipinski definition) is 5. The highest BCUT2D eigenvalue weighted by molar-refractivity contribution is 7.14. The van der Waals surface area contributed by atoms with Crippen LogP contribution in [0.1, 0.15) is 0 Å². The van der Waals surface area contributed by atoms with Crippen LogP contribution in [0.3, 0.4) is 0 Å². The van der Waals surface area contributed by atoms with Gasteiger partial charge in [-0.05, 0) is 12.1 Å². The highest BCUT2D eigenvalue weighted by Gasteiger charge is 2.07. The molecule has 0 aliphatic heterocycles. The minimum Gasteiger partial charge on any atom is -0.399 e. The van der Waals surface area contributed by atoms with Gasteiger partial charge in [0.25, 0.3) is 0 Å². The summed E-state index contributed by atoms with van der Waals surface area (Å²) < 4.78 is 0. The Bertz CT molecular complexity index is 629. The van der Waals surface area contributed by atoms with E-state index in [0.29, 0.717) is 0 Å². The standard InChI is InChI=1S/C12H9N3S2/c13-9-3-1-2-8(4-9)10-6-17-12(15-10)11-5-16-7-14-11/h1-7H,13H2. The van der Waals surface area contributed by atoms with Crippen LogP contribution < -0.4 is 5.73 Å². The number of nitrogen functional groups attached to an aromatic ring is 1. The molecule has 1 aromatic carbocycles. The monoisotopic (exact) mass is 259 g/mol. The third-order valence-corrected chi connectivity index (χ3v) is 3.79. The summed E-state index contributed by atoms with van der Waals surface area (Å²) in [6.45, 7) is 0. The van der Waals surface area contributed by atoms with Crippen molar-refractivity contribution in [1.82, 2.24) is 9.97 Å². The van der Waals surface area contributed by atoms with Crippen LogP contribution in [0.25, 0.3) is 22.0 Å². The summed E-state index contributed by atoms with van der Waals surface area (Å²) >= 11 is 3.18. The summed E-state index contributed by atoms with van der Waals surface area (Å²) in [6.07, 6.45) is 0. The maximum atomic E-state index is 5.76. The Morgan fingerprint density at radius 2 is 2.06 bits per heavy atom. The van der Waals surface area contributed by atoms with E-state index in [1.807, 2.05) is 40.5 Å². The Hall–Kier alpha value is -1.72. The average molecular weight is 259 g/mol. The molecule has 0 saturated heterocycles. The van der Waals surface area contributed by atoms with E-state index in [9.17, 15) is 0 Å². The van der Waals surface area contributed by atoms with E-state index in [2.05, 4.69) is 9.97 Å². The fourth-order valence-corrected chi connectivity index (χ4v) is 2.95. The van der Waals surface area contributed by atoms with Crippen molar-refractivity contribution in [3.05, 3.63) is 40.5 Å². The molecule has 0 bridgehead atoms.